The summed E-state index contributed by atoms with van der Waals surface area (Å²) in [6.45, 7) is 0. The van der Waals surface area contributed by atoms with Crippen molar-refractivity contribution in [2.75, 3.05) is 5.73 Å². The normalized spacial score (nSPS) is 13.6. The Labute approximate surface area is 134 Å². The molecule has 0 bridgehead atoms. The monoisotopic (exact) mass is 361 g/mol. The number of aromatic nitrogens is 2. The molecule has 2 aromatic heterocycles. The molecule has 0 radical (unpaired) electrons. The molecule has 1 aromatic carbocycles. The van der Waals surface area contributed by atoms with Crippen molar-refractivity contribution in [2.24, 2.45) is 0 Å². The van der Waals surface area contributed by atoms with Gasteiger partial charge in [-0.25, -0.2) is 0 Å². The summed E-state index contributed by atoms with van der Waals surface area (Å²) in [7, 11) is 0. The number of benzene rings is 1. The van der Waals surface area contributed by atoms with Gasteiger partial charge in [0.05, 0.1) is 10.6 Å². The van der Waals surface area contributed by atoms with Gasteiger partial charge < -0.3 is 10.3 Å². The fourth-order valence-electron chi connectivity index (χ4n) is 2.74. The van der Waals surface area contributed by atoms with Gasteiger partial charge >= 0.3 is 0 Å². The van der Waals surface area contributed by atoms with Gasteiger partial charge in [0.15, 0.2) is 0 Å². The number of hydrogen-bond donors (Lipinski definition) is 1. The Morgan fingerprint density at radius 2 is 2.10 bits per heavy atom. The van der Waals surface area contributed by atoms with Crippen LogP contribution in [0.5, 0.6) is 0 Å². The van der Waals surface area contributed by atoms with Crippen LogP contribution in [0.25, 0.3) is 22.8 Å². The van der Waals surface area contributed by atoms with Crippen LogP contribution < -0.4 is 5.73 Å². The molecule has 2 N–H and O–H groups in total. The Morgan fingerprint density at radius 3 is 2.95 bits per heavy atom. The number of fused-ring (bicyclic) bond motifs is 1. The van der Waals surface area contributed by atoms with Gasteiger partial charge in [0.1, 0.15) is 0 Å². The van der Waals surface area contributed by atoms with E-state index in [-0.39, 0.29) is 0 Å². The highest BCUT2D eigenvalue weighted by atomic mass is 79.9. The lowest BCUT2D eigenvalue weighted by molar-refractivity contribution is 0.432. The maximum atomic E-state index is 6.14. The fourth-order valence-corrected chi connectivity index (χ4v) is 4.35. The van der Waals surface area contributed by atoms with Gasteiger partial charge in [0, 0.05) is 14.9 Å². The van der Waals surface area contributed by atoms with Crippen molar-refractivity contribution < 1.29 is 4.52 Å². The number of nitrogens with zero attached hydrogens (tertiary/aromatic N) is 2. The number of hydrogen-bond acceptors (Lipinski definition) is 5. The molecule has 0 atom stereocenters. The first kappa shape index (κ1) is 13.0. The minimum absolute atomic E-state index is 0.526. The van der Waals surface area contributed by atoms with E-state index in [1.54, 1.807) is 11.3 Å². The first-order valence-corrected chi connectivity index (χ1v) is 8.34. The quantitative estimate of drug-likeness (QED) is 0.738. The molecule has 0 saturated carbocycles. The Morgan fingerprint density at radius 1 is 1.24 bits per heavy atom. The number of nitrogens with two attached hydrogens (primary N) is 1. The number of aryl methyl sites for hydroxylation is 1. The summed E-state index contributed by atoms with van der Waals surface area (Å²) in [5.41, 5.74) is 9.29. The van der Waals surface area contributed by atoms with E-state index in [0.29, 0.717) is 11.7 Å². The predicted octanol–water partition coefficient (Wildman–Crippen LogP) is 4.30. The van der Waals surface area contributed by atoms with Crippen molar-refractivity contribution in [2.45, 2.75) is 19.3 Å². The molecule has 4 nitrogen and oxygen atoms in total. The second-order valence-electron chi connectivity index (χ2n) is 5.00. The average Bonchev–Trinajstić information content (AvgIpc) is 3.15. The van der Waals surface area contributed by atoms with Crippen molar-refractivity contribution in [3.05, 3.63) is 39.2 Å². The zero-order valence-electron chi connectivity index (χ0n) is 11.1. The van der Waals surface area contributed by atoms with Crippen LogP contribution in [0.3, 0.4) is 0 Å². The van der Waals surface area contributed by atoms with Gasteiger partial charge in [-0.3, -0.25) is 0 Å². The molecule has 0 saturated heterocycles. The lowest BCUT2D eigenvalue weighted by Crippen LogP contribution is -1.89. The molecule has 3 aromatic rings. The first-order valence-electron chi connectivity index (χ1n) is 6.73. The van der Waals surface area contributed by atoms with Gasteiger partial charge in [-0.2, -0.15) is 4.98 Å². The van der Waals surface area contributed by atoms with E-state index in [2.05, 4.69) is 26.1 Å². The SMILES string of the molecule is Nc1sc2c(c1-c1nc(-c3ccccc3Br)no1)CCC2. The van der Waals surface area contributed by atoms with Gasteiger partial charge in [0.2, 0.25) is 5.82 Å². The minimum Gasteiger partial charge on any atom is -0.390 e. The molecular formula is C15H12BrN3OS. The number of halogens is 1. The Kier molecular flexibility index (Phi) is 3.08. The van der Waals surface area contributed by atoms with E-state index in [1.807, 2.05) is 24.3 Å². The summed E-state index contributed by atoms with van der Waals surface area (Å²) in [5, 5.41) is 4.88. The first-order chi connectivity index (χ1) is 10.2. The van der Waals surface area contributed by atoms with Crippen molar-refractivity contribution in [1.29, 1.82) is 0 Å². The lowest BCUT2D eigenvalue weighted by atomic mass is 10.1. The fraction of sp³-hybridized carbons (Fsp3) is 0.200. The van der Waals surface area contributed by atoms with E-state index >= 15 is 0 Å². The van der Waals surface area contributed by atoms with E-state index in [4.69, 9.17) is 10.3 Å². The Hall–Kier alpha value is -1.66. The molecule has 0 aliphatic heterocycles. The Bertz CT molecular complexity index is 824. The zero-order valence-corrected chi connectivity index (χ0v) is 13.5. The van der Waals surface area contributed by atoms with E-state index in [9.17, 15) is 0 Å². The maximum absolute atomic E-state index is 6.14. The van der Waals surface area contributed by atoms with E-state index in [1.165, 1.54) is 16.9 Å². The standard InChI is InChI=1S/C15H12BrN3OS/c16-10-6-2-1-4-8(10)14-18-15(20-19-14)12-9-5-3-7-11(9)21-13(12)17/h1-2,4,6H,3,5,7,17H2. The number of rotatable bonds is 2. The van der Waals surface area contributed by atoms with Crippen molar-refractivity contribution in [3.8, 4) is 22.8 Å². The van der Waals surface area contributed by atoms with Crippen molar-refractivity contribution >= 4 is 32.3 Å². The lowest BCUT2D eigenvalue weighted by Gasteiger charge is -1.97. The van der Waals surface area contributed by atoms with Crippen LogP contribution in [0.4, 0.5) is 5.00 Å². The maximum Gasteiger partial charge on any atom is 0.261 e. The topological polar surface area (TPSA) is 64.9 Å². The van der Waals surface area contributed by atoms with Crippen LogP contribution >= 0.6 is 27.3 Å². The molecule has 4 rings (SSSR count). The molecule has 0 amide bonds. The van der Waals surface area contributed by atoms with Crippen LogP contribution in [0, 0.1) is 0 Å². The smallest absolute Gasteiger partial charge is 0.261 e. The van der Waals surface area contributed by atoms with E-state index in [0.717, 1.165) is 33.4 Å². The highest BCUT2D eigenvalue weighted by Gasteiger charge is 2.25. The van der Waals surface area contributed by atoms with Gasteiger partial charge in [0.25, 0.3) is 5.89 Å². The zero-order chi connectivity index (χ0) is 14.4. The molecule has 2 heterocycles. The largest absolute Gasteiger partial charge is 0.390 e. The molecule has 0 fully saturated rings. The summed E-state index contributed by atoms with van der Waals surface area (Å²) in [6, 6.07) is 7.83. The summed E-state index contributed by atoms with van der Waals surface area (Å²) in [5.74, 6) is 1.10. The number of nitrogen functional groups attached to an aromatic ring is 1. The molecule has 1 aliphatic carbocycles. The predicted molar refractivity (Wildman–Crippen MR) is 87.2 cm³/mol. The van der Waals surface area contributed by atoms with Gasteiger partial charge in [-0.05, 0) is 37.0 Å². The third-order valence-electron chi connectivity index (χ3n) is 3.70. The highest BCUT2D eigenvalue weighted by Crippen LogP contribution is 2.43. The van der Waals surface area contributed by atoms with Crippen LogP contribution in [0.1, 0.15) is 16.9 Å². The van der Waals surface area contributed by atoms with E-state index < -0.39 is 0 Å². The second-order valence-corrected chi connectivity index (χ2v) is 6.99. The molecule has 1 aliphatic rings. The van der Waals surface area contributed by atoms with Crippen LogP contribution in [0.15, 0.2) is 33.3 Å². The Balaban J connectivity index is 1.81. The van der Waals surface area contributed by atoms with Crippen LogP contribution in [-0.4, -0.2) is 10.1 Å². The van der Waals surface area contributed by atoms with Crippen LogP contribution in [-0.2, 0) is 12.8 Å². The van der Waals surface area contributed by atoms with Gasteiger partial charge in [-0.1, -0.05) is 33.2 Å². The number of anilines is 1. The minimum atomic E-state index is 0.526. The average molecular weight is 362 g/mol. The summed E-state index contributed by atoms with van der Waals surface area (Å²) in [4.78, 5) is 5.91. The summed E-state index contributed by atoms with van der Waals surface area (Å²) >= 11 is 5.16. The third kappa shape index (κ3) is 2.10. The molecule has 21 heavy (non-hydrogen) atoms. The molecule has 6 heteroatoms. The second kappa shape index (κ2) is 4.96. The molecule has 106 valence electrons. The molecular weight excluding hydrogens is 350 g/mol. The van der Waals surface area contributed by atoms with Crippen LogP contribution in [0.2, 0.25) is 0 Å². The summed E-state index contributed by atoms with van der Waals surface area (Å²) < 4.78 is 6.41. The third-order valence-corrected chi connectivity index (χ3v) is 5.52. The van der Waals surface area contributed by atoms with Crippen molar-refractivity contribution in [3.63, 3.8) is 0 Å². The highest BCUT2D eigenvalue weighted by molar-refractivity contribution is 9.10. The summed E-state index contributed by atoms with van der Waals surface area (Å²) in [6.07, 6.45) is 3.33. The number of thiophene rings is 1. The molecule has 0 unspecified atom stereocenters. The molecule has 0 spiro atoms. The van der Waals surface area contributed by atoms with Crippen molar-refractivity contribution in [1.82, 2.24) is 10.1 Å². The van der Waals surface area contributed by atoms with Gasteiger partial charge in [-0.15, -0.1) is 11.3 Å².